The highest BCUT2D eigenvalue weighted by atomic mass is 32.2. The maximum absolute atomic E-state index is 12.9. The predicted molar refractivity (Wildman–Crippen MR) is 97.8 cm³/mol. The molecule has 0 aromatic heterocycles. The second-order valence-electron chi connectivity index (χ2n) is 7.28. The zero-order valence-corrected chi connectivity index (χ0v) is 16.4. The van der Waals surface area contributed by atoms with Gasteiger partial charge in [0, 0.05) is 38.8 Å². The Hall–Kier alpha value is -1.00. The summed E-state index contributed by atoms with van der Waals surface area (Å²) in [5, 5.41) is 0. The molecule has 0 spiro atoms. The lowest BCUT2D eigenvalue weighted by Gasteiger charge is -2.36. The van der Waals surface area contributed by atoms with Crippen LogP contribution in [0.25, 0.3) is 0 Å². The van der Waals surface area contributed by atoms with Crippen molar-refractivity contribution < 1.29 is 16.8 Å². The molecular formula is C17H25N3O4S2. The number of rotatable bonds is 4. The zero-order valence-electron chi connectivity index (χ0n) is 14.7. The van der Waals surface area contributed by atoms with E-state index in [4.69, 9.17) is 0 Å². The monoisotopic (exact) mass is 399 g/mol. The predicted octanol–water partition coefficient (Wildman–Crippen LogP) is 0.940. The maximum atomic E-state index is 12.9. The van der Waals surface area contributed by atoms with E-state index >= 15 is 0 Å². The molecule has 0 radical (unpaired) electrons. The number of hydrogen-bond acceptors (Lipinski definition) is 5. The smallest absolute Gasteiger partial charge is 0.243 e. The molecule has 3 heterocycles. The van der Waals surface area contributed by atoms with E-state index in [9.17, 15) is 16.8 Å². The van der Waals surface area contributed by atoms with Gasteiger partial charge < -0.3 is 0 Å². The van der Waals surface area contributed by atoms with E-state index in [2.05, 4.69) is 4.90 Å². The molecule has 7 nitrogen and oxygen atoms in total. The molecule has 0 unspecified atom stereocenters. The summed E-state index contributed by atoms with van der Waals surface area (Å²) in [6.07, 6.45) is 3.92. The van der Waals surface area contributed by atoms with Gasteiger partial charge in [0.2, 0.25) is 20.0 Å². The molecular weight excluding hydrogens is 374 g/mol. The lowest BCUT2D eigenvalue weighted by molar-refractivity contribution is 0.158. The van der Waals surface area contributed by atoms with Gasteiger partial charge in [-0.1, -0.05) is 0 Å². The Morgan fingerprint density at radius 3 is 1.88 bits per heavy atom. The van der Waals surface area contributed by atoms with Gasteiger partial charge in [-0.3, -0.25) is 4.90 Å². The summed E-state index contributed by atoms with van der Waals surface area (Å²) in [5.74, 6) is 0. The molecule has 26 heavy (non-hydrogen) atoms. The number of fused-ring (bicyclic) bond motifs is 1. The van der Waals surface area contributed by atoms with Gasteiger partial charge in [-0.15, -0.1) is 0 Å². The molecule has 1 atom stereocenters. The molecule has 3 aliphatic heterocycles. The van der Waals surface area contributed by atoms with Gasteiger partial charge in [0.15, 0.2) is 0 Å². The van der Waals surface area contributed by atoms with E-state index in [1.807, 2.05) is 0 Å². The van der Waals surface area contributed by atoms with Crippen molar-refractivity contribution in [3.05, 3.63) is 24.3 Å². The van der Waals surface area contributed by atoms with Crippen LogP contribution in [-0.4, -0.2) is 75.7 Å². The second kappa shape index (κ2) is 6.87. The van der Waals surface area contributed by atoms with E-state index in [1.54, 1.807) is 4.31 Å². The Balaban J connectivity index is 1.54. The van der Waals surface area contributed by atoms with Crippen LogP contribution in [0.1, 0.15) is 25.7 Å². The summed E-state index contributed by atoms with van der Waals surface area (Å²) in [4.78, 5) is 2.70. The van der Waals surface area contributed by atoms with Crippen molar-refractivity contribution >= 4 is 20.0 Å². The molecule has 0 aliphatic carbocycles. The van der Waals surface area contributed by atoms with Crippen LogP contribution in [0.2, 0.25) is 0 Å². The molecule has 1 aromatic carbocycles. The topological polar surface area (TPSA) is 78.0 Å². The summed E-state index contributed by atoms with van der Waals surface area (Å²) in [6.45, 7) is 3.91. The SMILES string of the molecule is O=S(=O)(c1ccc(S(=O)(=O)N2CCN3CCC[C@@H]3C2)cc1)N1CCCC1. The van der Waals surface area contributed by atoms with E-state index in [-0.39, 0.29) is 9.79 Å². The van der Waals surface area contributed by atoms with Gasteiger partial charge in [0.1, 0.15) is 0 Å². The third kappa shape index (κ3) is 3.20. The van der Waals surface area contributed by atoms with Gasteiger partial charge in [0.05, 0.1) is 9.79 Å². The van der Waals surface area contributed by atoms with Crippen LogP contribution in [-0.2, 0) is 20.0 Å². The molecule has 144 valence electrons. The molecule has 0 saturated carbocycles. The van der Waals surface area contributed by atoms with Crippen LogP contribution in [0.4, 0.5) is 0 Å². The number of piperazine rings is 1. The van der Waals surface area contributed by atoms with Crippen LogP contribution in [0.15, 0.2) is 34.1 Å². The van der Waals surface area contributed by atoms with Crippen molar-refractivity contribution in [2.75, 3.05) is 39.3 Å². The van der Waals surface area contributed by atoms with Crippen LogP contribution in [0.5, 0.6) is 0 Å². The number of nitrogens with zero attached hydrogens (tertiary/aromatic N) is 3. The van der Waals surface area contributed by atoms with Gasteiger partial charge in [-0.05, 0) is 56.5 Å². The molecule has 1 aromatic rings. The molecule has 0 bridgehead atoms. The highest BCUT2D eigenvalue weighted by molar-refractivity contribution is 7.89. The van der Waals surface area contributed by atoms with E-state index in [0.29, 0.717) is 32.2 Å². The Kier molecular flexibility index (Phi) is 4.85. The fourth-order valence-corrected chi connectivity index (χ4v) is 7.18. The summed E-state index contributed by atoms with van der Waals surface area (Å²) in [5.41, 5.74) is 0. The van der Waals surface area contributed by atoms with E-state index < -0.39 is 20.0 Å². The first-order chi connectivity index (χ1) is 12.4. The lowest BCUT2D eigenvalue weighted by Crippen LogP contribution is -2.51. The summed E-state index contributed by atoms with van der Waals surface area (Å²) < 4.78 is 54.1. The van der Waals surface area contributed by atoms with Crippen molar-refractivity contribution in [2.45, 2.75) is 41.5 Å². The average Bonchev–Trinajstić information content (AvgIpc) is 3.33. The number of hydrogen-bond donors (Lipinski definition) is 0. The Morgan fingerprint density at radius 1 is 0.692 bits per heavy atom. The van der Waals surface area contributed by atoms with Gasteiger partial charge in [0.25, 0.3) is 0 Å². The summed E-state index contributed by atoms with van der Waals surface area (Å²) in [6, 6.07) is 6.02. The van der Waals surface area contributed by atoms with Gasteiger partial charge in [-0.25, -0.2) is 16.8 Å². The molecule has 4 rings (SSSR count). The zero-order chi connectivity index (χ0) is 18.4. The quantitative estimate of drug-likeness (QED) is 0.753. The Labute approximate surface area is 155 Å². The molecule has 0 amide bonds. The first-order valence-electron chi connectivity index (χ1n) is 9.23. The third-order valence-electron chi connectivity index (χ3n) is 5.71. The van der Waals surface area contributed by atoms with Crippen molar-refractivity contribution in [3.63, 3.8) is 0 Å². The maximum Gasteiger partial charge on any atom is 0.243 e. The van der Waals surface area contributed by atoms with Gasteiger partial charge in [-0.2, -0.15) is 8.61 Å². The normalized spacial score (nSPS) is 26.2. The number of benzene rings is 1. The van der Waals surface area contributed by atoms with E-state index in [0.717, 1.165) is 38.8 Å². The fourth-order valence-electron chi connectivity index (χ4n) is 4.19. The van der Waals surface area contributed by atoms with Crippen LogP contribution < -0.4 is 0 Å². The van der Waals surface area contributed by atoms with Crippen LogP contribution >= 0.6 is 0 Å². The second-order valence-corrected chi connectivity index (χ2v) is 11.2. The standard InChI is InChI=1S/C17H25N3O4S2/c21-25(22,19-10-1-2-11-19)16-5-7-17(8-6-16)26(23,24)20-13-12-18-9-3-4-15(18)14-20/h5-8,15H,1-4,9-14H2/t15-/m1/s1. The molecule has 0 N–H and O–H groups in total. The summed E-state index contributed by atoms with van der Waals surface area (Å²) >= 11 is 0. The Morgan fingerprint density at radius 2 is 1.27 bits per heavy atom. The Bertz CT molecular complexity index is 862. The van der Waals surface area contributed by atoms with Crippen molar-refractivity contribution in [1.29, 1.82) is 0 Å². The first kappa shape index (κ1) is 18.4. The molecule has 3 fully saturated rings. The van der Waals surface area contributed by atoms with E-state index in [1.165, 1.54) is 28.6 Å². The molecule has 9 heteroatoms. The van der Waals surface area contributed by atoms with Crippen LogP contribution in [0, 0.1) is 0 Å². The highest BCUT2D eigenvalue weighted by Gasteiger charge is 2.36. The first-order valence-corrected chi connectivity index (χ1v) is 12.1. The third-order valence-corrected chi connectivity index (χ3v) is 9.51. The lowest BCUT2D eigenvalue weighted by atomic mass is 10.2. The molecule has 3 aliphatic rings. The number of sulfonamides is 2. The largest absolute Gasteiger partial charge is 0.298 e. The van der Waals surface area contributed by atoms with Crippen LogP contribution in [0.3, 0.4) is 0 Å². The summed E-state index contributed by atoms with van der Waals surface area (Å²) in [7, 11) is -7.10. The van der Waals surface area contributed by atoms with Crippen molar-refractivity contribution in [2.24, 2.45) is 0 Å². The minimum Gasteiger partial charge on any atom is -0.298 e. The van der Waals surface area contributed by atoms with Crippen molar-refractivity contribution in [3.8, 4) is 0 Å². The average molecular weight is 400 g/mol. The fraction of sp³-hybridized carbons (Fsp3) is 0.647. The highest BCUT2D eigenvalue weighted by Crippen LogP contribution is 2.27. The van der Waals surface area contributed by atoms with Crippen molar-refractivity contribution in [1.82, 2.24) is 13.5 Å². The minimum atomic E-state index is -3.58. The molecule has 3 saturated heterocycles. The minimum absolute atomic E-state index is 0.166. The van der Waals surface area contributed by atoms with Gasteiger partial charge >= 0.3 is 0 Å².